The fraction of sp³-hybridized carbons (Fsp3) is 0.500. The van der Waals surface area contributed by atoms with E-state index >= 15 is 0 Å². The monoisotopic (exact) mass is 288 g/mol. The molecule has 3 nitrogen and oxygen atoms in total. The van der Waals surface area contributed by atoms with Gasteiger partial charge in [0.1, 0.15) is 0 Å². The third kappa shape index (κ3) is 5.01. The van der Waals surface area contributed by atoms with E-state index in [4.69, 9.17) is 10.5 Å². The Labute approximate surface area is 128 Å². The highest BCUT2D eigenvalue weighted by Gasteiger charge is 2.30. The van der Waals surface area contributed by atoms with Crippen LogP contribution in [0.25, 0.3) is 0 Å². The van der Waals surface area contributed by atoms with E-state index in [1.807, 2.05) is 12.1 Å². The molecule has 0 heterocycles. The molecule has 0 amide bonds. The number of carbonyl (C=O) groups excluding carboxylic acids is 1. The predicted molar refractivity (Wildman–Crippen MR) is 85.6 cm³/mol. The van der Waals surface area contributed by atoms with Crippen LogP contribution in [0.3, 0.4) is 0 Å². The van der Waals surface area contributed by atoms with E-state index in [1.165, 1.54) is 0 Å². The third-order valence-corrected chi connectivity index (χ3v) is 3.31. The third-order valence-electron chi connectivity index (χ3n) is 3.31. The Balaban J connectivity index is 3.14. The molecule has 0 saturated heterocycles. The Hall–Kier alpha value is -1.61. The first-order chi connectivity index (χ1) is 9.57. The zero-order valence-corrected chi connectivity index (χ0v) is 13.7. The molecule has 0 aliphatic carbocycles. The highest BCUT2D eigenvalue weighted by molar-refractivity contribution is 5.81. The largest absolute Gasteiger partial charge is 0.439 e. The van der Waals surface area contributed by atoms with Crippen LogP contribution in [0.2, 0.25) is 0 Å². The molecule has 2 N–H and O–H groups in total. The van der Waals surface area contributed by atoms with Gasteiger partial charge in [-0.15, -0.1) is 0 Å². The Morgan fingerprint density at radius 3 is 2.57 bits per heavy atom. The van der Waals surface area contributed by atoms with Gasteiger partial charge in [-0.05, 0) is 34.9 Å². The number of hydrogen-bond acceptors (Lipinski definition) is 3. The van der Waals surface area contributed by atoms with Gasteiger partial charge in [-0.25, -0.2) is 4.79 Å². The van der Waals surface area contributed by atoms with Gasteiger partial charge >= 0.3 is 5.97 Å². The summed E-state index contributed by atoms with van der Waals surface area (Å²) in [5.74, 6) is -0.522. The minimum atomic E-state index is -0.804. The molecule has 3 heteroatoms. The van der Waals surface area contributed by atoms with Crippen molar-refractivity contribution in [1.82, 2.24) is 0 Å². The molecule has 21 heavy (non-hydrogen) atoms. The van der Waals surface area contributed by atoms with Crippen molar-refractivity contribution in [1.29, 1.82) is 0 Å². The minimum absolute atomic E-state index is 0.0825. The average Bonchev–Trinajstić information content (AvgIpc) is 2.35. The number of nitrogens with two attached hydrogens (primary N) is 1. The topological polar surface area (TPSA) is 52.3 Å². The van der Waals surface area contributed by atoms with Crippen LogP contribution >= 0.6 is 0 Å². The van der Waals surface area contributed by atoms with Gasteiger partial charge in [0, 0.05) is 11.6 Å². The molecule has 1 rings (SSSR count). The van der Waals surface area contributed by atoms with Crippen molar-refractivity contribution in [3.63, 3.8) is 0 Å². The lowest BCUT2D eigenvalue weighted by atomic mass is 9.71. The number of esters is 1. The van der Waals surface area contributed by atoms with Crippen molar-refractivity contribution in [2.45, 2.75) is 52.7 Å². The summed E-state index contributed by atoms with van der Waals surface area (Å²) in [6, 6.07) is 8.67. The molecule has 0 aliphatic heterocycles. The van der Waals surface area contributed by atoms with Crippen molar-refractivity contribution in [2.75, 3.05) is 0 Å². The van der Waals surface area contributed by atoms with Gasteiger partial charge in [-0.3, -0.25) is 5.73 Å². The summed E-state index contributed by atoms with van der Waals surface area (Å²) in [5.41, 5.74) is 8.00. The molecule has 115 valence electrons. The summed E-state index contributed by atoms with van der Waals surface area (Å²) in [4.78, 5) is 11.4. The summed E-state index contributed by atoms with van der Waals surface area (Å²) in [5, 5.41) is 0. The fourth-order valence-electron chi connectivity index (χ4n) is 2.95. The summed E-state index contributed by atoms with van der Waals surface area (Å²) >= 11 is 0. The van der Waals surface area contributed by atoms with E-state index in [-0.39, 0.29) is 10.8 Å². The van der Waals surface area contributed by atoms with Crippen LogP contribution in [0, 0.1) is 11.5 Å². The fourth-order valence-corrected chi connectivity index (χ4v) is 2.95. The summed E-state index contributed by atoms with van der Waals surface area (Å²) in [7, 11) is 0. The lowest BCUT2D eigenvalue weighted by Crippen LogP contribution is -2.29. The number of hydrogen-bond donors (Lipinski definition) is 1. The normalized spacial score (nSPS) is 13.6. The quantitative estimate of drug-likeness (QED) is 0.508. The van der Waals surface area contributed by atoms with Crippen LogP contribution < -0.4 is 5.73 Å². The maximum absolute atomic E-state index is 11.4. The van der Waals surface area contributed by atoms with Gasteiger partial charge in [0.15, 0.2) is 6.23 Å². The maximum atomic E-state index is 11.4. The first kappa shape index (κ1) is 17.4. The van der Waals surface area contributed by atoms with Crippen molar-refractivity contribution >= 4 is 5.97 Å². The molecule has 0 fully saturated rings. The first-order valence-corrected chi connectivity index (χ1v) is 7.16. The Morgan fingerprint density at radius 2 is 2.05 bits per heavy atom. The van der Waals surface area contributed by atoms with Crippen LogP contribution in [0.15, 0.2) is 30.9 Å². The molecule has 0 bridgehead atoms. The number of rotatable bonds is 5. The van der Waals surface area contributed by atoms with Crippen LogP contribution in [0.1, 0.15) is 58.4 Å². The van der Waals surface area contributed by atoms with Crippen molar-refractivity contribution < 1.29 is 9.53 Å². The molecule has 1 radical (unpaired) electrons. The van der Waals surface area contributed by atoms with Gasteiger partial charge in [0.05, 0.1) is 0 Å². The highest BCUT2D eigenvalue weighted by Crippen LogP contribution is 2.38. The molecular weight excluding hydrogens is 262 g/mol. The van der Waals surface area contributed by atoms with E-state index < -0.39 is 12.2 Å². The smallest absolute Gasteiger partial charge is 0.331 e. The maximum Gasteiger partial charge on any atom is 0.331 e. The lowest BCUT2D eigenvalue weighted by molar-refractivity contribution is -0.143. The van der Waals surface area contributed by atoms with Crippen LogP contribution in [0.4, 0.5) is 0 Å². The van der Waals surface area contributed by atoms with Crippen LogP contribution in [-0.4, -0.2) is 5.97 Å². The van der Waals surface area contributed by atoms with Crippen molar-refractivity contribution in [3.05, 3.63) is 48.0 Å². The Kier molecular flexibility index (Phi) is 5.35. The predicted octanol–water partition coefficient (Wildman–Crippen LogP) is 3.89. The first-order valence-electron chi connectivity index (χ1n) is 7.16. The molecule has 0 aliphatic rings. The molecule has 0 aromatic heterocycles. The molecule has 1 aromatic carbocycles. The van der Waals surface area contributed by atoms with E-state index in [0.29, 0.717) is 0 Å². The summed E-state index contributed by atoms with van der Waals surface area (Å²) < 4.78 is 5.15. The Morgan fingerprint density at radius 1 is 1.43 bits per heavy atom. The van der Waals surface area contributed by atoms with Gasteiger partial charge in [0.25, 0.3) is 0 Å². The SMILES string of the molecule is C=CC(=O)OC(N)c1c[c]ccc1C(C)(C)CC(C)(C)C. The van der Waals surface area contributed by atoms with Gasteiger partial charge < -0.3 is 4.74 Å². The van der Waals surface area contributed by atoms with Gasteiger partial charge in [0.2, 0.25) is 0 Å². The van der Waals surface area contributed by atoms with Gasteiger partial charge in [-0.1, -0.05) is 53.3 Å². The molecular formula is C18H26NO2. The standard InChI is InChI=1S/C18H26NO2/c1-7-15(20)21-16(19)13-10-8-9-11-14(13)18(5,6)12-17(2,3)4/h7,9-11,16H,1,12,19H2,2-6H3. The van der Waals surface area contributed by atoms with Crippen molar-refractivity contribution in [2.24, 2.45) is 11.1 Å². The summed E-state index contributed by atoms with van der Waals surface area (Å²) in [6.07, 6.45) is 1.30. The number of ether oxygens (including phenoxy) is 1. The highest BCUT2D eigenvalue weighted by atomic mass is 16.6. The lowest BCUT2D eigenvalue weighted by Gasteiger charge is -2.35. The zero-order chi connectivity index (χ0) is 16.3. The molecule has 1 aromatic rings. The number of benzene rings is 1. The molecule has 0 saturated carbocycles. The van der Waals surface area contributed by atoms with Gasteiger partial charge in [-0.2, -0.15) is 0 Å². The minimum Gasteiger partial charge on any atom is -0.439 e. The second-order valence-corrected chi connectivity index (χ2v) is 7.20. The molecule has 1 atom stereocenters. The molecule has 0 spiro atoms. The van der Waals surface area contributed by atoms with Crippen molar-refractivity contribution in [3.8, 4) is 0 Å². The van der Waals surface area contributed by atoms with E-state index in [0.717, 1.165) is 23.6 Å². The zero-order valence-electron chi connectivity index (χ0n) is 13.7. The number of carbonyl (C=O) groups is 1. The van der Waals surface area contributed by atoms with Crippen LogP contribution in [0.5, 0.6) is 0 Å². The second-order valence-electron chi connectivity index (χ2n) is 7.20. The second kappa shape index (κ2) is 6.44. The summed E-state index contributed by atoms with van der Waals surface area (Å²) in [6.45, 7) is 14.4. The average molecular weight is 288 g/mol. The van der Waals surface area contributed by atoms with Crippen LogP contribution in [-0.2, 0) is 14.9 Å². The Bertz CT molecular complexity index is 512. The van der Waals surface area contributed by atoms with E-state index in [9.17, 15) is 4.79 Å². The van der Waals surface area contributed by atoms with E-state index in [2.05, 4.69) is 47.3 Å². The molecule has 1 unspecified atom stereocenters. The van der Waals surface area contributed by atoms with E-state index in [1.54, 1.807) is 6.07 Å².